The van der Waals surface area contributed by atoms with Crippen LogP contribution >= 0.6 is 0 Å². The first-order valence-corrected chi connectivity index (χ1v) is 4.85. The Labute approximate surface area is 85.1 Å². The van der Waals surface area contributed by atoms with Gasteiger partial charge in [-0.3, -0.25) is 0 Å². The van der Waals surface area contributed by atoms with E-state index in [-0.39, 0.29) is 5.97 Å². The molecular formula is C10H19NO3. The van der Waals surface area contributed by atoms with Crippen molar-refractivity contribution in [1.82, 2.24) is 0 Å². The van der Waals surface area contributed by atoms with Crippen LogP contribution in [-0.2, 0) is 14.3 Å². The average Bonchev–Trinajstić information content (AvgIpc) is 2.10. The third-order valence-electron chi connectivity index (χ3n) is 1.37. The fourth-order valence-electron chi connectivity index (χ4n) is 0.808. The van der Waals surface area contributed by atoms with Crippen LogP contribution in [0.25, 0.3) is 0 Å². The predicted molar refractivity (Wildman–Crippen MR) is 54.6 cm³/mol. The molecule has 0 amide bonds. The lowest BCUT2D eigenvalue weighted by atomic mass is 10.4. The number of hydrogen-bond acceptors (Lipinski definition) is 4. The minimum atomic E-state index is -0.388. The fourth-order valence-corrected chi connectivity index (χ4v) is 0.808. The highest BCUT2D eigenvalue weighted by atomic mass is 16.5. The van der Waals surface area contributed by atoms with Crippen LogP contribution in [0, 0.1) is 0 Å². The number of carbonyl (C=O) groups excluding carboxylic acids is 1. The first-order valence-electron chi connectivity index (χ1n) is 4.85. The molecule has 0 unspecified atom stereocenters. The molecule has 14 heavy (non-hydrogen) atoms. The molecule has 0 heterocycles. The van der Waals surface area contributed by atoms with Gasteiger partial charge in [-0.25, -0.2) is 4.79 Å². The van der Waals surface area contributed by atoms with E-state index in [0.29, 0.717) is 18.9 Å². The zero-order chi connectivity index (χ0) is 10.8. The van der Waals surface area contributed by atoms with Crippen molar-refractivity contribution in [2.24, 2.45) is 5.73 Å². The molecule has 0 fully saturated rings. The highest BCUT2D eigenvalue weighted by Crippen LogP contribution is 1.90. The van der Waals surface area contributed by atoms with Crippen molar-refractivity contribution in [2.45, 2.75) is 26.7 Å². The maximum absolute atomic E-state index is 10.9. The summed E-state index contributed by atoms with van der Waals surface area (Å²) in [4.78, 5) is 10.9. The maximum Gasteiger partial charge on any atom is 0.332 e. The van der Waals surface area contributed by atoms with Gasteiger partial charge in [0.1, 0.15) is 0 Å². The number of nitrogens with two attached hydrogens (primary N) is 1. The van der Waals surface area contributed by atoms with E-state index < -0.39 is 0 Å². The van der Waals surface area contributed by atoms with Crippen LogP contribution < -0.4 is 5.73 Å². The summed E-state index contributed by atoms with van der Waals surface area (Å²) in [6, 6.07) is 0. The topological polar surface area (TPSA) is 61.5 Å². The fraction of sp³-hybridized carbons (Fsp3) is 0.700. The Hall–Kier alpha value is -1.03. The second kappa shape index (κ2) is 8.56. The zero-order valence-corrected chi connectivity index (χ0v) is 8.91. The Morgan fingerprint density at radius 1 is 1.36 bits per heavy atom. The lowest BCUT2D eigenvalue weighted by molar-refractivity contribution is -0.138. The molecule has 82 valence electrons. The first kappa shape index (κ1) is 13.0. The molecule has 0 aliphatic carbocycles. The largest absolute Gasteiger partial charge is 0.462 e. The molecule has 4 heteroatoms. The van der Waals surface area contributed by atoms with E-state index in [4.69, 9.17) is 15.2 Å². The van der Waals surface area contributed by atoms with Gasteiger partial charge in [-0.1, -0.05) is 6.92 Å². The molecule has 0 saturated carbocycles. The van der Waals surface area contributed by atoms with E-state index in [9.17, 15) is 4.79 Å². The standard InChI is InChI=1S/C10H19NO3/c1-3-5-13-6-4-7-14-10(12)8-9(2)11/h8H,3-7,11H2,1-2H3/b9-8-. The van der Waals surface area contributed by atoms with Crippen LogP contribution in [0.3, 0.4) is 0 Å². The Morgan fingerprint density at radius 2 is 2.07 bits per heavy atom. The van der Waals surface area contributed by atoms with Crippen molar-refractivity contribution in [3.8, 4) is 0 Å². The van der Waals surface area contributed by atoms with Crippen molar-refractivity contribution >= 4 is 5.97 Å². The van der Waals surface area contributed by atoms with Gasteiger partial charge in [0.15, 0.2) is 0 Å². The number of carbonyl (C=O) groups is 1. The quantitative estimate of drug-likeness (QED) is 0.382. The van der Waals surface area contributed by atoms with E-state index in [1.807, 2.05) is 0 Å². The SMILES string of the molecule is CCCOCCCOC(=O)/C=C(/C)N. The van der Waals surface area contributed by atoms with Crippen LogP contribution in [0.15, 0.2) is 11.8 Å². The molecule has 0 saturated heterocycles. The summed E-state index contributed by atoms with van der Waals surface area (Å²) in [6.45, 7) is 5.47. The van der Waals surface area contributed by atoms with Crippen molar-refractivity contribution in [1.29, 1.82) is 0 Å². The number of rotatable bonds is 7. The smallest absolute Gasteiger partial charge is 0.332 e. The summed E-state index contributed by atoms with van der Waals surface area (Å²) in [5.74, 6) is -0.388. The van der Waals surface area contributed by atoms with Crippen molar-refractivity contribution in [2.75, 3.05) is 19.8 Å². The van der Waals surface area contributed by atoms with Crippen LogP contribution in [0.5, 0.6) is 0 Å². The Kier molecular flexibility index (Phi) is 7.93. The van der Waals surface area contributed by atoms with Gasteiger partial charge in [0, 0.05) is 31.4 Å². The zero-order valence-electron chi connectivity index (χ0n) is 8.91. The maximum atomic E-state index is 10.9. The molecule has 0 aliphatic rings. The second-order valence-corrected chi connectivity index (χ2v) is 3.02. The van der Waals surface area contributed by atoms with Gasteiger partial charge >= 0.3 is 5.97 Å². The van der Waals surface area contributed by atoms with E-state index in [2.05, 4.69) is 6.92 Å². The van der Waals surface area contributed by atoms with Crippen LogP contribution in [0.2, 0.25) is 0 Å². The number of hydrogen-bond donors (Lipinski definition) is 1. The van der Waals surface area contributed by atoms with E-state index >= 15 is 0 Å². The minimum Gasteiger partial charge on any atom is -0.462 e. The average molecular weight is 201 g/mol. The second-order valence-electron chi connectivity index (χ2n) is 3.02. The molecule has 0 bridgehead atoms. The summed E-state index contributed by atoms with van der Waals surface area (Å²) >= 11 is 0. The molecule has 0 spiro atoms. The Bertz CT molecular complexity index is 186. The lowest BCUT2D eigenvalue weighted by Gasteiger charge is -2.03. The third kappa shape index (κ3) is 9.06. The van der Waals surface area contributed by atoms with Gasteiger partial charge in [0.05, 0.1) is 6.61 Å². The molecule has 0 aliphatic heterocycles. The van der Waals surface area contributed by atoms with Crippen LogP contribution in [0.4, 0.5) is 0 Å². The van der Waals surface area contributed by atoms with E-state index in [1.165, 1.54) is 6.08 Å². The van der Waals surface area contributed by atoms with Crippen molar-refractivity contribution in [3.05, 3.63) is 11.8 Å². The van der Waals surface area contributed by atoms with Crippen LogP contribution in [-0.4, -0.2) is 25.8 Å². The predicted octanol–water partition coefficient (Wildman–Crippen LogP) is 1.21. The highest BCUT2D eigenvalue weighted by Gasteiger charge is 1.97. The summed E-state index contributed by atoms with van der Waals surface area (Å²) in [5.41, 5.74) is 5.75. The molecular weight excluding hydrogens is 182 g/mol. The molecule has 0 radical (unpaired) electrons. The van der Waals surface area contributed by atoms with Gasteiger partial charge in [-0.05, 0) is 13.3 Å². The molecule has 0 aromatic heterocycles. The van der Waals surface area contributed by atoms with Gasteiger partial charge in [0.2, 0.25) is 0 Å². The van der Waals surface area contributed by atoms with E-state index in [0.717, 1.165) is 19.4 Å². The number of ether oxygens (including phenoxy) is 2. The molecule has 0 aromatic rings. The molecule has 4 nitrogen and oxygen atoms in total. The van der Waals surface area contributed by atoms with Gasteiger partial charge in [-0.2, -0.15) is 0 Å². The summed E-state index contributed by atoms with van der Waals surface area (Å²) in [7, 11) is 0. The first-order chi connectivity index (χ1) is 6.66. The monoisotopic (exact) mass is 201 g/mol. The van der Waals surface area contributed by atoms with E-state index in [1.54, 1.807) is 6.92 Å². The minimum absolute atomic E-state index is 0.381. The summed E-state index contributed by atoms with van der Waals surface area (Å²) in [6.07, 6.45) is 3.00. The number of allylic oxidation sites excluding steroid dienone is 1. The van der Waals surface area contributed by atoms with Crippen LogP contribution in [0.1, 0.15) is 26.7 Å². The molecule has 2 N–H and O–H groups in total. The molecule has 0 rings (SSSR count). The third-order valence-corrected chi connectivity index (χ3v) is 1.37. The normalized spacial score (nSPS) is 11.4. The number of esters is 1. The lowest BCUT2D eigenvalue weighted by Crippen LogP contribution is -2.07. The summed E-state index contributed by atoms with van der Waals surface area (Å²) < 4.78 is 10.1. The Morgan fingerprint density at radius 3 is 2.64 bits per heavy atom. The summed E-state index contributed by atoms with van der Waals surface area (Å²) in [5, 5.41) is 0. The van der Waals surface area contributed by atoms with Gasteiger partial charge in [-0.15, -0.1) is 0 Å². The van der Waals surface area contributed by atoms with Crippen molar-refractivity contribution in [3.63, 3.8) is 0 Å². The van der Waals surface area contributed by atoms with Gasteiger partial charge < -0.3 is 15.2 Å². The van der Waals surface area contributed by atoms with Gasteiger partial charge in [0.25, 0.3) is 0 Å². The molecule has 0 atom stereocenters. The highest BCUT2D eigenvalue weighted by molar-refractivity contribution is 5.82. The van der Waals surface area contributed by atoms with Crippen molar-refractivity contribution < 1.29 is 14.3 Å². The molecule has 0 aromatic carbocycles. The Balaban J connectivity index is 3.28.